The Labute approximate surface area is 181 Å². The Morgan fingerprint density at radius 2 is 2.16 bits per heavy atom. The van der Waals surface area contributed by atoms with E-state index in [2.05, 4.69) is 15.4 Å². The number of furan rings is 1. The van der Waals surface area contributed by atoms with Crippen molar-refractivity contribution in [2.24, 2.45) is 0 Å². The molecule has 160 valence electrons. The predicted molar refractivity (Wildman–Crippen MR) is 109 cm³/mol. The van der Waals surface area contributed by atoms with Crippen molar-refractivity contribution in [3.63, 3.8) is 0 Å². The van der Waals surface area contributed by atoms with Gasteiger partial charge in [0.2, 0.25) is 0 Å². The number of ether oxygens (including phenoxy) is 1. The molecule has 4 rings (SSSR count). The Hall–Kier alpha value is -3.66. The predicted octanol–water partition coefficient (Wildman–Crippen LogP) is 2.30. The summed E-state index contributed by atoms with van der Waals surface area (Å²) in [5.74, 6) is -1.43. The number of hydrogen-bond donors (Lipinski definition) is 1. The lowest BCUT2D eigenvalue weighted by Gasteiger charge is -2.22. The van der Waals surface area contributed by atoms with Gasteiger partial charge < -0.3 is 19.4 Å². The molecule has 1 saturated heterocycles. The third-order valence-electron chi connectivity index (χ3n) is 4.76. The Morgan fingerprint density at radius 3 is 2.90 bits per heavy atom. The van der Waals surface area contributed by atoms with Gasteiger partial charge in [-0.05, 0) is 43.2 Å². The number of amides is 2. The van der Waals surface area contributed by atoms with Crippen LogP contribution in [0.5, 0.6) is 0 Å². The number of rotatable bonds is 6. The second-order valence-electron chi connectivity index (χ2n) is 6.79. The van der Waals surface area contributed by atoms with E-state index >= 15 is 0 Å². The first-order valence-corrected chi connectivity index (χ1v) is 9.86. The molecule has 3 aromatic rings. The number of carbonyl (C=O) groups is 3. The molecular weight excluding hydrogens is 426 g/mol. The minimum Gasteiger partial charge on any atom is -0.459 e. The molecule has 2 amide bonds. The number of nitrogens with zero attached hydrogens (tertiary/aromatic N) is 4. The monoisotopic (exact) mass is 443 g/mol. The first-order chi connectivity index (χ1) is 15.0. The molecule has 1 unspecified atom stereocenters. The van der Waals surface area contributed by atoms with E-state index in [1.54, 1.807) is 24.3 Å². The molecule has 1 atom stereocenters. The zero-order valence-corrected chi connectivity index (χ0v) is 17.0. The fourth-order valence-electron chi connectivity index (χ4n) is 3.36. The molecule has 3 heterocycles. The SMILES string of the molecule is O=C(COC(=O)C1CCCN1C(=O)c1ccco1)Nc1cc(Cl)ccc1-n1cncn1. The summed E-state index contributed by atoms with van der Waals surface area (Å²) < 4.78 is 11.8. The molecule has 0 aliphatic carbocycles. The molecule has 1 N–H and O–H groups in total. The molecule has 1 aromatic carbocycles. The van der Waals surface area contributed by atoms with Crippen molar-refractivity contribution in [2.75, 3.05) is 18.5 Å². The standard InChI is InChI=1S/C20H18ClN5O5/c21-13-5-6-15(26-12-22-11-23-26)14(9-13)24-18(27)10-31-20(29)16-3-1-7-25(16)19(28)17-4-2-8-30-17/h2,4-6,8-9,11-12,16H,1,3,7,10H2,(H,24,27). The van der Waals surface area contributed by atoms with E-state index in [4.69, 9.17) is 20.8 Å². The van der Waals surface area contributed by atoms with E-state index in [0.717, 1.165) is 0 Å². The van der Waals surface area contributed by atoms with Crippen LogP contribution in [0.4, 0.5) is 5.69 Å². The van der Waals surface area contributed by atoms with Crippen molar-refractivity contribution in [1.82, 2.24) is 19.7 Å². The molecule has 31 heavy (non-hydrogen) atoms. The van der Waals surface area contributed by atoms with Crippen LogP contribution in [0.25, 0.3) is 5.69 Å². The molecule has 11 heteroatoms. The molecule has 0 saturated carbocycles. The Balaban J connectivity index is 1.38. The van der Waals surface area contributed by atoms with Gasteiger partial charge >= 0.3 is 5.97 Å². The lowest BCUT2D eigenvalue weighted by Crippen LogP contribution is -2.42. The molecule has 0 bridgehead atoms. The number of esters is 1. The lowest BCUT2D eigenvalue weighted by molar-refractivity contribution is -0.151. The number of hydrogen-bond acceptors (Lipinski definition) is 7. The van der Waals surface area contributed by atoms with Crippen molar-refractivity contribution < 1.29 is 23.5 Å². The highest BCUT2D eigenvalue weighted by Gasteiger charge is 2.36. The fraction of sp³-hybridized carbons (Fsp3) is 0.250. The van der Waals surface area contributed by atoms with Gasteiger partial charge in [-0.15, -0.1) is 0 Å². The minimum absolute atomic E-state index is 0.152. The Kier molecular flexibility index (Phi) is 5.99. The Morgan fingerprint density at radius 1 is 1.29 bits per heavy atom. The van der Waals surface area contributed by atoms with Crippen LogP contribution in [0.3, 0.4) is 0 Å². The van der Waals surface area contributed by atoms with E-state index in [-0.39, 0.29) is 11.7 Å². The van der Waals surface area contributed by atoms with E-state index in [1.165, 1.54) is 34.6 Å². The first kappa shape index (κ1) is 20.6. The summed E-state index contributed by atoms with van der Waals surface area (Å²) in [5.41, 5.74) is 0.933. The quantitative estimate of drug-likeness (QED) is 0.580. The van der Waals surface area contributed by atoms with Crippen molar-refractivity contribution in [2.45, 2.75) is 18.9 Å². The van der Waals surface area contributed by atoms with Gasteiger partial charge in [0, 0.05) is 11.6 Å². The van der Waals surface area contributed by atoms with Gasteiger partial charge in [0.05, 0.1) is 17.6 Å². The normalized spacial score (nSPS) is 15.6. The molecule has 1 fully saturated rings. The van der Waals surface area contributed by atoms with Crippen LogP contribution in [0.2, 0.25) is 5.02 Å². The van der Waals surface area contributed by atoms with Gasteiger partial charge in [-0.25, -0.2) is 14.5 Å². The molecule has 0 radical (unpaired) electrons. The minimum atomic E-state index is -0.762. The summed E-state index contributed by atoms with van der Waals surface area (Å²) in [4.78, 5) is 42.7. The van der Waals surface area contributed by atoms with Crippen LogP contribution >= 0.6 is 11.6 Å². The highest BCUT2D eigenvalue weighted by molar-refractivity contribution is 6.31. The summed E-state index contributed by atoms with van der Waals surface area (Å²) in [6.07, 6.45) is 5.34. The Bertz CT molecular complexity index is 1080. The molecule has 10 nitrogen and oxygen atoms in total. The van der Waals surface area contributed by atoms with Crippen LogP contribution in [0, 0.1) is 0 Å². The van der Waals surface area contributed by atoms with E-state index in [9.17, 15) is 14.4 Å². The van der Waals surface area contributed by atoms with Crippen molar-refractivity contribution in [3.8, 4) is 5.69 Å². The molecule has 2 aromatic heterocycles. The number of halogens is 1. The van der Waals surface area contributed by atoms with E-state index < -0.39 is 24.5 Å². The molecule has 1 aliphatic rings. The van der Waals surface area contributed by atoms with Crippen LogP contribution in [0.15, 0.2) is 53.7 Å². The number of carbonyl (C=O) groups excluding carboxylic acids is 3. The third kappa shape index (κ3) is 4.58. The maximum atomic E-state index is 12.5. The van der Waals surface area contributed by atoms with Crippen LogP contribution < -0.4 is 5.32 Å². The lowest BCUT2D eigenvalue weighted by atomic mass is 10.2. The third-order valence-corrected chi connectivity index (χ3v) is 5.00. The van der Waals surface area contributed by atoms with Gasteiger partial charge in [-0.1, -0.05) is 11.6 Å². The number of anilines is 1. The molecule has 1 aliphatic heterocycles. The number of aromatic nitrogens is 3. The summed E-state index contributed by atoms with van der Waals surface area (Å²) in [7, 11) is 0. The highest BCUT2D eigenvalue weighted by atomic mass is 35.5. The number of nitrogens with one attached hydrogen (secondary N) is 1. The van der Waals surface area contributed by atoms with Crippen LogP contribution in [-0.2, 0) is 14.3 Å². The zero-order valence-electron chi connectivity index (χ0n) is 16.2. The highest BCUT2D eigenvalue weighted by Crippen LogP contribution is 2.24. The maximum Gasteiger partial charge on any atom is 0.329 e. The average Bonchev–Trinajstić information content (AvgIpc) is 3.54. The van der Waals surface area contributed by atoms with Crippen molar-refractivity contribution >= 4 is 35.1 Å². The maximum absolute atomic E-state index is 12.5. The summed E-state index contributed by atoms with van der Waals surface area (Å²) in [6, 6.07) is 7.26. The second-order valence-corrected chi connectivity index (χ2v) is 7.23. The van der Waals surface area contributed by atoms with Gasteiger partial charge in [-0.3, -0.25) is 9.59 Å². The fourth-order valence-corrected chi connectivity index (χ4v) is 3.53. The summed E-state index contributed by atoms with van der Waals surface area (Å²) in [5, 5.41) is 7.11. The average molecular weight is 444 g/mol. The van der Waals surface area contributed by atoms with Gasteiger partial charge in [0.25, 0.3) is 11.8 Å². The van der Waals surface area contributed by atoms with Gasteiger partial charge in [-0.2, -0.15) is 5.10 Å². The zero-order chi connectivity index (χ0) is 21.8. The topological polar surface area (TPSA) is 120 Å². The van der Waals surface area contributed by atoms with E-state index in [0.29, 0.717) is 35.8 Å². The van der Waals surface area contributed by atoms with Crippen molar-refractivity contribution in [3.05, 3.63) is 60.0 Å². The van der Waals surface area contributed by atoms with Crippen LogP contribution in [-0.4, -0.2) is 56.6 Å². The largest absolute Gasteiger partial charge is 0.459 e. The molecular formula is C20H18ClN5O5. The first-order valence-electron chi connectivity index (χ1n) is 9.48. The van der Waals surface area contributed by atoms with Gasteiger partial charge in [0.15, 0.2) is 12.4 Å². The van der Waals surface area contributed by atoms with Crippen LogP contribution in [0.1, 0.15) is 23.4 Å². The second kappa shape index (κ2) is 9.00. The number of likely N-dealkylation sites (tertiary alicyclic amines) is 1. The summed E-state index contributed by atoms with van der Waals surface area (Å²) >= 11 is 6.04. The van der Waals surface area contributed by atoms with E-state index in [1.807, 2.05) is 0 Å². The summed E-state index contributed by atoms with van der Waals surface area (Å²) in [6.45, 7) is -0.100. The van der Waals surface area contributed by atoms with Gasteiger partial charge in [0.1, 0.15) is 18.7 Å². The van der Waals surface area contributed by atoms with Crippen molar-refractivity contribution in [1.29, 1.82) is 0 Å². The molecule has 0 spiro atoms. The number of benzene rings is 1. The smallest absolute Gasteiger partial charge is 0.329 e.